The van der Waals surface area contributed by atoms with Gasteiger partial charge in [0.15, 0.2) is 0 Å². The van der Waals surface area contributed by atoms with Crippen LogP contribution in [-0.4, -0.2) is 36.9 Å². The molecule has 1 heterocycles. The van der Waals surface area contributed by atoms with Crippen LogP contribution in [0.4, 0.5) is 0 Å². The van der Waals surface area contributed by atoms with E-state index in [2.05, 4.69) is 31.9 Å². The van der Waals surface area contributed by atoms with Gasteiger partial charge in [-0.2, -0.15) is 4.31 Å². The van der Waals surface area contributed by atoms with Crippen LogP contribution in [0.5, 0.6) is 0 Å². The molecular formula is C12H13Br2NO4S. The zero-order chi connectivity index (χ0) is 15.1. The average Bonchev–Trinajstić information content (AvgIpc) is 2.71. The van der Waals surface area contributed by atoms with Crippen molar-refractivity contribution in [2.45, 2.75) is 11.8 Å². The van der Waals surface area contributed by atoms with Crippen molar-refractivity contribution >= 4 is 47.9 Å². The summed E-state index contributed by atoms with van der Waals surface area (Å²) in [6.07, 6.45) is 0. The van der Waals surface area contributed by atoms with Crippen LogP contribution >= 0.6 is 31.9 Å². The number of carbonyl (C=O) groups is 1. The molecule has 8 heteroatoms. The highest BCUT2D eigenvalue weighted by atomic mass is 79.9. The van der Waals surface area contributed by atoms with Crippen molar-refractivity contribution in [3.8, 4) is 0 Å². The van der Waals surface area contributed by atoms with Gasteiger partial charge < -0.3 is 5.11 Å². The van der Waals surface area contributed by atoms with Crippen molar-refractivity contribution in [2.75, 3.05) is 13.1 Å². The summed E-state index contributed by atoms with van der Waals surface area (Å²) >= 11 is 6.51. The number of carboxylic acid groups (broad SMARTS) is 1. The van der Waals surface area contributed by atoms with Crippen LogP contribution in [-0.2, 0) is 14.8 Å². The Kier molecular flexibility index (Phi) is 4.58. The molecular weight excluding hydrogens is 414 g/mol. The van der Waals surface area contributed by atoms with E-state index in [4.69, 9.17) is 5.11 Å². The molecule has 0 amide bonds. The second-order valence-corrected chi connectivity index (χ2v) is 8.50. The first-order valence-corrected chi connectivity index (χ1v) is 8.94. The molecule has 2 atom stereocenters. The fourth-order valence-electron chi connectivity index (χ4n) is 2.26. The molecule has 110 valence electrons. The summed E-state index contributed by atoms with van der Waals surface area (Å²) in [6, 6.07) is 4.80. The molecule has 0 bridgehead atoms. The van der Waals surface area contributed by atoms with E-state index in [9.17, 15) is 13.2 Å². The van der Waals surface area contributed by atoms with E-state index in [1.165, 1.54) is 10.4 Å². The molecule has 0 aliphatic carbocycles. The third-order valence-electron chi connectivity index (χ3n) is 3.41. The Bertz CT molecular complexity index is 647. The van der Waals surface area contributed by atoms with Gasteiger partial charge in [0.2, 0.25) is 10.0 Å². The molecule has 0 saturated carbocycles. The largest absolute Gasteiger partial charge is 0.481 e. The number of hydrogen-bond donors (Lipinski definition) is 1. The van der Waals surface area contributed by atoms with E-state index in [1.54, 1.807) is 19.1 Å². The monoisotopic (exact) mass is 425 g/mol. The number of rotatable bonds is 3. The lowest BCUT2D eigenvalue weighted by atomic mass is 9.99. The molecule has 1 aliphatic heterocycles. The minimum atomic E-state index is -3.68. The van der Waals surface area contributed by atoms with E-state index in [1.807, 2.05) is 0 Å². The maximum absolute atomic E-state index is 12.6. The maximum atomic E-state index is 12.6. The van der Waals surface area contributed by atoms with Crippen LogP contribution in [0.3, 0.4) is 0 Å². The van der Waals surface area contributed by atoms with Gasteiger partial charge in [0.1, 0.15) is 0 Å². The standard InChI is InChI=1S/C12H13Br2NO4S/c1-7-5-15(6-9(7)12(16)17)20(18,19)11-3-2-8(13)4-10(11)14/h2-4,7,9H,5-6H2,1H3,(H,16,17). The van der Waals surface area contributed by atoms with E-state index >= 15 is 0 Å². The summed E-state index contributed by atoms with van der Waals surface area (Å²) in [5.41, 5.74) is 0. The number of aliphatic carboxylic acids is 1. The number of sulfonamides is 1. The highest BCUT2D eigenvalue weighted by Crippen LogP contribution is 2.32. The van der Waals surface area contributed by atoms with Crippen molar-refractivity contribution in [1.29, 1.82) is 0 Å². The van der Waals surface area contributed by atoms with E-state index < -0.39 is 21.9 Å². The van der Waals surface area contributed by atoms with Crippen LogP contribution in [0.15, 0.2) is 32.0 Å². The quantitative estimate of drug-likeness (QED) is 0.805. The van der Waals surface area contributed by atoms with Crippen LogP contribution in [0, 0.1) is 11.8 Å². The molecule has 1 saturated heterocycles. The average molecular weight is 427 g/mol. The Labute approximate surface area is 134 Å². The van der Waals surface area contributed by atoms with Gasteiger partial charge in [0.05, 0.1) is 10.8 Å². The zero-order valence-corrected chi connectivity index (χ0v) is 14.6. The molecule has 1 aliphatic rings. The second-order valence-electron chi connectivity index (χ2n) is 4.82. The van der Waals surface area contributed by atoms with Gasteiger partial charge in [-0.25, -0.2) is 8.42 Å². The lowest BCUT2D eigenvalue weighted by molar-refractivity contribution is -0.142. The van der Waals surface area contributed by atoms with Crippen LogP contribution < -0.4 is 0 Å². The van der Waals surface area contributed by atoms with Crippen LogP contribution in [0.2, 0.25) is 0 Å². The number of halogens is 2. The van der Waals surface area contributed by atoms with Gasteiger partial charge in [-0.05, 0) is 40.0 Å². The molecule has 0 spiro atoms. The normalized spacial score (nSPS) is 23.9. The minimum absolute atomic E-state index is 0.0152. The van der Waals surface area contributed by atoms with Crippen LogP contribution in [0.1, 0.15) is 6.92 Å². The van der Waals surface area contributed by atoms with Crippen molar-refractivity contribution in [2.24, 2.45) is 11.8 Å². The van der Waals surface area contributed by atoms with Gasteiger partial charge in [-0.15, -0.1) is 0 Å². The second kappa shape index (κ2) is 5.75. The smallest absolute Gasteiger partial charge is 0.308 e. The van der Waals surface area contributed by atoms with Gasteiger partial charge in [0.25, 0.3) is 0 Å². The first-order valence-electron chi connectivity index (χ1n) is 5.91. The Hall–Kier alpha value is -0.440. The van der Waals surface area contributed by atoms with Crippen LogP contribution in [0.25, 0.3) is 0 Å². The summed E-state index contributed by atoms with van der Waals surface area (Å²) in [5.74, 6) is -1.81. The Morgan fingerprint density at radius 2 is 2.00 bits per heavy atom. The first kappa shape index (κ1) is 15.9. The molecule has 1 aromatic rings. The molecule has 0 radical (unpaired) electrons. The number of carboxylic acids is 1. The molecule has 2 unspecified atom stereocenters. The topological polar surface area (TPSA) is 74.7 Å². The van der Waals surface area contributed by atoms with Gasteiger partial charge >= 0.3 is 5.97 Å². The van der Waals surface area contributed by atoms with Crippen molar-refractivity contribution in [3.63, 3.8) is 0 Å². The minimum Gasteiger partial charge on any atom is -0.481 e. The highest BCUT2D eigenvalue weighted by molar-refractivity contribution is 9.11. The van der Waals surface area contributed by atoms with Gasteiger partial charge in [-0.1, -0.05) is 22.9 Å². The summed E-state index contributed by atoms with van der Waals surface area (Å²) in [4.78, 5) is 11.2. The Morgan fingerprint density at radius 1 is 1.35 bits per heavy atom. The maximum Gasteiger partial charge on any atom is 0.308 e. The lowest BCUT2D eigenvalue weighted by Crippen LogP contribution is -2.30. The molecule has 0 aromatic heterocycles. The number of hydrogen-bond acceptors (Lipinski definition) is 3. The summed E-state index contributed by atoms with van der Waals surface area (Å²) in [5, 5.41) is 9.09. The molecule has 2 rings (SSSR count). The number of benzene rings is 1. The molecule has 5 nitrogen and oxygen atoms in total. The predicted octanol–water partition coefficient (Wildman–Crippen LogP) is 2.55. The summed E-state index contributed by atoms with van der Waals surface area (Å²) in [7, 11) is -3.68. The van der Waals surface area contributed by atoms with E-state index in [0.29, 0.717) is 4.47 Å². The Morgan fingerprint density at radius 3 is 2.50 bits per heavy atom. The third-order valence-corrected chi connectivity index (χ3v) is 6.71. The first-order chi connectivity index (χ1) is 9.23. The fraction of sp³-hybridized carbons (Fsp3) is 0.417. The Balaban J connectivity index is 2.35. The van der Waals surface area contributed by atoms with Gasteiger partial charge in [-0.3, -0.25) is 4.79 Å². The fourth-order valence-corrected chi connectivity index (χ4v) is 5.54. The van der Waals surface area contributed by atoms with Crippen molar-refractivity contribution in [3.05, 3.63) is 27.1 Å². The summed E-state index contributed by atoms with van der Waals surface area (Å²) < 4.78 is 27.6. The SMILES string of the molecule is CC1CN(S(=O)(=O)c2ccc(Br)cc2Br)CC1C(=O)O. The summed E-state index contributed by atoms with van der Waals surface area (Å²) in [6.45, 7) is 1.99. The van der Waals surface area contributed by atoms with Crippen molar-refractivity contribution in [1.82, 2.24) is 4.31 Å². The van der Waals surface area contributed by atoms with E-state index in [0.717, 1.165) is 4.47 Å². The van der Waals surface area contributed by atoms with Gasteiger partial charge in [0, 0.05) is 22.0 Å². The molecule has 20 heavy (non-hydrogen) atoms. The molecule has 1 aromatic carbocycles. The number of nitrogens with zero attached hydrogens (tertiary/aromatic N) is 1. The molecule has 1 N–H and O–H groups in total. The predicted molar refractivity (Wildman–Crippen MR) is 80.9 cm³/mol. The highest BCUT2D eigenvalue weighted by Gasteiger charge is 2.41. The van der Waals surface area contributed by atoms with E-state index in [-0.39, 0.29) is 23.9 Å². The van der Waals surface area contributed by atoms with Crippen molar-refractivity contribution < 1.29 is 18.3 Å². The zero-order valence-electron chi connectivity index (χ0n) is 10.6. The lowest BCUT2D eigenvalue weighted by Gasteiger charge is -2.17. The molecule has 1 fully saturated rings. The third kappa shape index (κ3) is 2.93.